The van der Waals surface area contributed by atoms with E-state index in [4.69, 9.17) is 0 Å². The van der Waals surface area contributed by atoms with Gasteiger partial charge in [0.25, 0.3) is 0 Å². The van der Waals surface area contributed by atoms with Crippen LogP contribution in [-0.2, 0) is 24.4 Å². The number of carbonyl (C=O) groups is 1. The molecule has 1 amide bonds. The molecule has 1 N–H and O–H groups in total. The molecule has 112 valence electrons. The highest BCUT2D eigenvalue weighted by Crippen LogP contribution is 2.21. The molecule has 1 aliphatic rings. The maximum absolute atomic E-state index is 11.0. The molecule has 3 heterocycles. The SMILES string of the molecule is CC(=O)Nc1nc(CN2CCn3c(nc(C)c3C)C2)cs1. The van der Waals surface area contributed by atoms with Crippen molar-refractivity contribution in [1.82, 2.24) is 19.4 Å². The predicted molar refractivity (Wildman–Crippen MR) is 82.2 cm³/mol. The summed E-state index contributed by atoms with van der Waals surface area (Å²) in [5.74, 6) is 1.05. The van der Waals surface area contributed by atoms with E-state index in [1.54, 1.807) is 0 Å². The standard InChI is InChI=1S/C14H19N5OS/c1-9-10(2)19-5-4-18(7-13(19)15-9)6-12-8-21-14(17-12)16-11(3)20/h8H,4-7H2,1-3H3,(H,16,17,20). The zero-order valence-electron chi connectivity index (χ0n) is 12.5. The Hall–Kier alpha value is -1.73. The van der Waals surface area contributed by atoms with Gasteiger partial charge in [0.2, 0.25) is 5.91 Å². The Labute approximate surface area is 127 Å². The van der Waals surface area contributed by atoms with E-state index in [0.29, 0.717) is 5.13 Å². The van der Waals surface area contributed by atoms with Crippen LogP contribution in [0.15, 0.2) is 5.38 Å². The van der Waals surface area contributed by atoms with Gasteiger partial charge in [0.15, 0.2) is 5.13 Å². The van der Waals surface area contributed by atoms with Crippen LogP contribution in [0.3, 0.4) is 0 Å². The highest BCUT2D eigenvalue weighted by Gasteiger charge is 2.20. The summed E-state index contributed by atoms with van der Waals surface area (Å²) in [5, 5.41) is 5.39. The average Bonchev–Trinajstić information content (AvgIpc) is 2.95. The second kappa shape index (κ2) is 5.57. The maximum Gasteiger partial charge on any atom is 0.223 e. The Morgan fingerprint density at radius 2 is 2.19 bits per heavy atom. The average molecular weight is 305 g/mol. The molecule has 2 aromatic rings. The Morgan fingerprint density at radius 1 is 1.38 bits per heavy atom. The first-order valence-corrected chi connectivity index (χ1v) is 7.88. The van der Waals surface area contributed by atoms with Crippen LogP contribution in [0.1, 0.15) is 29.8 Å². The van der Waals surface area contributed by atoms with E-state index < -0.39 is 0 Å². The summed E-state index contributed by atoms with van der Waals surface area (Å²) in [4.78, 5) is 22.4. The third-order valence-corrected chi connectivity index (χ3v) is 4.57. The molecule has 1 aliphatic heterocycles. The number of fused-ring (bicyclic) bond motifs is 1. The summed E-state index contributed by atoms with van der Waals surface area (Å²) in [7, 11) is 0. The number of nitrogens with one attached hydrogen (secondary N) is 1. The molecule has 0 atom stereocenters. The van der Waals surface area contributed by atoms with E-state index >= 15 is 0 Å². The van der Waals surface area contributed by atoms with Crippen molar-refractivity contribution in [1.29, 1.82) is 0 Å². The fourth-order valence-corrected chi connectivity index (χ4v) is 3.36. The normalized spacial score (nSPS) is 15.0. The van der Waals surface area contributed by atoms with Gasteiger partial charge < -0.3 is 9.88 Å². The number of nitrogens with zero attached hydrogens (tertiary/aromatic N) is 4. The number of aromatic nitrogens is 3. The Bertz CT molecular complexity index is 675. The van der Waals surface area contributed by atoms with Crippen LogP contribution in [0.4, 0.5) is 5.13 Å². The number of thiazole rings is 1. The first-order valence-electron chi connectivity index (χ1n) is 7.00. The molecule has 3 rings (SSSR count). The second-order valence-corrected chi connectivity index (χ2v) is 6.24. The smallest absolute Gasteiger partial charge is 0.223 e. The van der Waals surface area contributed by atoms with Crippen molar-refractivity contribution < 1.29 is 4.79 Å². The van der Waals surface area contributed by atoms with Crippen molar-refractivity contribution in [3.63, 3.8) is 0 Å². The summed E-state index contributed by atoms with van der Waals surface area (Å²) in [6, 6.07) is 0. The van der Waals surface area contributed by atoms with Crippen LogP contribution in [0.5, 0.6) is 0 Å². The molecule has 0 spiro atoms. The van der Waals surface area contributed by atoms with Gasteiger partial charge in [0, 0.05) is 37.6 Å². The first-order chi connectivity index (χ1) is 10.0. The van der Waals surface area contributed by atoms with Crippen molar-refractivity contribution >= 4 is 22.4 Å². The summed E-state index contributed by atoms with van der Waals surface area (Å²) in [6.45, 7) is 9.30. The van der Waals surface area contributed by atoms with Gasteiger partial charge in [-0.15, -0.1) is 11.3 Å². The van der Waals surface area contributed by atoms with E-state index in [0.717, 1.165) is 43.4 Å². The van der Waals surface area contributed by atoms with Crippen LogP contribution in [0.25, 0.3) is 0 Å². The summed E-state index contributed by atoms with van der Waals surface area (Å²) < 4.78 is 2.30. The number of hydrogen-bond donors (Lipinski definition) is 1. The Balaban J connectivity index is 1.67. The molecule has 0 unspecified atom stereocenters. The quantitative estimate of drug-likeness (QED) is 0.941. The molecule has 21 heavy (non-hydrogen) atoms. The molecule has 0 aromatic carbocycles. The molecule has 2 aromatic heterocycles. The zero-order valence-corrected chi connectivity index (χ0v) is 13.3. The van der Waals surface area contributed by atoms with Gasteiger partial charge in [0.1, 0.15) is 5.82 Å². The minimum Gasteiger partial charge on any atom is -0.330 e. The van der Waals surface area contributed by atoms with Crippen LogP contribution < -0.4 is 5.32 Å². The van der Waals surface area contributed by atoms with Gasteiger partial charge in [0.05, 0.1) is 17.9 Å². The molecule has 0 fully saturated rings. The second-order valence-electron chi connectivity index (χ2n) is 5.39. The Kier molecular flexibility index (Phi) is 3.77. The molecule has 0 saturated heterocycles. The molecular formula is C14H19N5OS. The topological polar surface area (TPSA) is 63.1 Å². The van der Waals surface area contributed by atoms with Gasteiger partial charge in [-0.1, -0.05) is 0 Å². The number of rotatable bonds is 3. The molecule has 0 bridgehead atoms. The van der Waals surface area contributed by atoms with Crippen molar-refractivity contribution in [2.75, 3.05) is 11.9 Å². The van der Waals surface area contributed by atoms with E-state index in [9.17, 15) is 4.79 Å². The molecule has 7 heteroatoms. The van der Waals surface area contributed by atoms with E-state index in [-0.39, 0.29) is 5.91 Å². The van der Waals surface area contributed by atoms with Crippen molar-refractivity contribution in [3.8, 4) is 0 Å². The lowest BCUT2D eigenvalue weighted by molar-refractivity contribution is -0.114. The van der Waals surface area contributed by atoms with Crippen molar-refractivity contribution in [2.24, 2.45) is 0 Å². The Morgan fingerprint density at radius 3 is 2.95 bits per heavy atom. The lowest BCUT2D eigenvalue weighted by Crippen LogP contribution is -2.33. The first kappa shape index (κ1) is 14.2. The third kappa shape index (κ3) is 2.98. The van der Waals surface area contributed by atoms with Crippen LogP contribution in [-0.4, -0.2) is 31.9 Å². The minimum atomic E-state index is -0.0816. The number of aryl methyl sites for hydroxylation is 1. The number of anilines is 1. The number of hydrogen-bond acceptors (Lipinski definition) is 5. The summed E-state index contributed by atoms with van der Waals surface area (Å²) in [6.07, 6.45) is 0. The van der Waals surface area contributed by atoms with Gasteiger partial charge in [-0.25, -0.2) is 9.97 Å². The van der Waals surface area contributed by atoms with Gasteiger partial charge in [-0.3, -0.25) is 9.69 Å². The van der Waals surface area contributed by atoms with Crippen LogP contribution >= 0.6 is 11.3 Å². The summed E-state index contributed by atoms with van der Waals surface area (Å²) in [5.41, 5.74) is 3.39. The fourth-order valence-electron chi connectivity index (χ4n) is 2.61. The van der Waals surface area contributed by atoms with Gasteiger partial charge in [-0.2, -0.15) is 0 Å². The summed E-state index contributed by atoms with van der Waals surface area (Å²) >= 11 is 1.47. The number of carbonyl (C=O) groups excluding carboxylic acids is 1. The number of amides is 1. The van der Waals surface area contributed by atoms with E-state index in [2.05, 4.69) is 38.6 Å². The number of imidazole rings is 1. The van der Waals surface area contributed by atoms with Crippen LogP contribution in [0.2, 0.25) is 0 Å². The molecule has 0 radical (unpaired) electrons. The minimum absolute atomic E-state index is 0.0816. The molecule has 0 aliphatic carbocycles. The third-order valence-electron chi connectivity index (χ3n) is 3.76. The highest BCUT2D eigenvalue weighted by atomic mass is 32.1. The molecule has 0 saturated carbocycles. The van der Waals surface area contributed by atoms with Crippen molar-refractivity contribution in [3.05, 3.63) is 28.3 Å². The fraction of sp³-hybridized carbons (Fsp3) is 0.500. The highest BCUT2D eigenvalue weighted by molar-refractivity contribution is 7.13. The van der Waals surface area contributed by atoms with Crippen LogP contribution in [0, 0.1) is 13.8 Å². The van der Waals surface area contributed by atoms with Gasteiger partial charge >= 0.3 is 0 Å². The lowest BCUT2D eigenvalue weighted by atomic mass is 10.3. The van der Waals surface area contributed by atoms with E-state index in [1.165, 1.54) is 24.0 Å². The monoisotopic (exact) mass is 305 g/mol. The molecule has 6 nitrogen and oxygen atoms in total. The molecular weight excluding hydrogens is 286 g/mol. The lowest BCUT2D eigenvalue weighted by Gasteiger charge is -2.27. The van der Waals surface area contributed by atoms with Crippen molar-refractivity contribution in [2.45, 2.75) is 40.4 Å². The largest absolute Gasteiger partial charge is 0.330 e. The van der Waals surface area contributed by atoms with E-state index in [1.807, 2.05) is 5.38 Å². The maximum atomic E-state index is 11.0. The predicted octanol–water partition coefficient (Wildman–Crippen LogP) is 1.93. The van der Waals surface area contributed by atoms with Gasteiger partial charge in [-0.05, 0) is 13.8 Å². The zero-order chi connectivity index (χ0) is 15.0.